The molecule has 0 aliphatic carbocycles. The quantitative estimate of drug-likeness (QED) is 0.407. The predicted octanol–water partition coefficient (Wildman–Crippen LogP) is 0.682. The maximum Gasteiger partial charge on any atom is 0.325 e. The van der Waals surface area contributed by atoms with Crippen LogP contribution >= 0.6 is 0 Å². The molecule has 1 aliphatic heterocycles. The van der Waals surface area contributed by atoms with Gasteiger partial charge >= 0.3 is 11.9 Å². The average Bonchev–Trinajstić information content (AvgIpc) is 2.72. The molecule has 1 aliphatic rings. The lowest BCUT2D eigenvalue weighted by Crippen LogP contribution is -2.51. The highest BCUT2D eigenvalue weighted by Crippen LogP contribution is 2.42. The van der Waals surface area contributed by atoms with Crippen molar-refractivity contribution in [3.8, 4) is 0 Å². The van der Waals surface area contributed by atoms with E-state index >= 15 is 0 Å². The molecule has 1 atom stereocenters. The monoisotopic (exact) mass is 281 g/mol. The number of methoxy groups -OCH3 is 2. The second-order valence-electron chi connectivity index (χ2n) is 4.51. The average molecular weight is 281 g/mol. The Morgan fingerprint density at radius 3 is 2.25 bits per heavy atom. The van der Waals surface area contributed by atoms with Crippen molar-refractivity contribution < 1.29 is 23.9 Å². The van der Waals surface area contributed by atoms with Gasteiger partial charge in [0.15, 0.2) is 5.41 Å². The summed E-state index contributed by atoms with van der Waals surface area (Å²) in [6, 6.07) is -0.676. The van der Waals surface area contributed by atoms with Crippen molar-refractivity contribution in [1.29, 1.82) is 0 Å². The van der Waals surface area contributed by atoms with Crippen LogP contribution in [0.15, 0.2) is 25.3 Å². The van der Waals surface area contributed by atoms with Crippen LogP contribution in [-0.2, 0) is 23.9 Å². The first-order valence-electron chi connectivity index (χ1n) is 6.17. The molecule has 110 valence electrons. The van der Waals surface area contributed by atoms with Gasteiger partial charge in [0.1, 0.15) is 0 Å². The van der Waals surface area contributed by atoms with Gasteiger partial charge in [-0.15, -0.1) is 13.2 Å². The first kappa shape index (κ1) is 15.9. The molecular weight excluding hydrogens is 262 g/mol. The molecule has 1 unspecified atom stereocenters. The summed E-state index contributed by atoms with van der Waals surface area (Å²) in [6.45, 7) is 7.43. The van der Waals surface area contributed by atoms with E-state index in [4.69, 9.17) is 9.47 Å². The van der Waals surface area contributed by atoms with E-state index in [0.29, 0.717) is 0 Å². The highest BCUT2D eigenvalue weighted by Gasteiger charge is 2.62. The Kier molecular flexibility index (Phi) is 5.07. The van der Waals surface area contributed by atoms with Crippen LogP contribution in [0.3, 0.4) is 0 Å². The van der Waals surface area contributed by atoms with Crippen molar-refractivity contribution in [3.05, 3.63) is 25.3 Å². The molecule has 0 aromatic rings. The van der Waals surface area contributed by atoms with Gasteiger partial charge in [-0.25, -0.2) is 0 Å². The number of carbonyl (C=O) groups excluding carboxylic acids is 3. The van der Waals surface area contributed by atoms with Crippen LogP contribution in [0.5, 0.6) is 0 Å². The molecule has 0 aromatic heterocycles. The van der Waals surface area contributed by atoms with Crippen molar-refractivity contribution in [1.82, 2.24) is 4.90 Å². The lowest BCUT2D eigenvalue weighted by Gasteiger charge is -2.32. The molecule has 1 amide bonds. The molecule has 6 nitrogen and oxygen atoms in total. The third-order valence-electron chi connectivity index (χ3n) is 3.51. The van der Waals surface area contributed by atoms with Gasteiger partial charge in [-0.3, -0.25) is 14.4 Å². The van der Waals surface area contributed by atoms with E-state index in [1.807, 2.05) is 0 Å². The van der Waals surface area contributed by atoms with Crippen molar-refractivity contribution in [2.75, 3.05) is 20.8 Å². The van der Waals surface area contributed by atoms with Crippen LogP contribution in [-0.4, -0.2) is 49.6 Å². The molecule has 1 heterocycles. The van der Waals surface area contributed by atoms with E-state index in [9.17, 15) is 14.4 Å². The van der Waals surface area contributed by atoms with Crippen molar-refractivity contribution in [3.63, 3.8) is 0 Å². The zero-order chi connectivity index (χ0) is 15.3. The molecule has 0 spiro atoms. The number of rotatable bonds is 6. The largest absolute Gasteiger partial charge is 0.468 e. The molecule has 0 saturated carbocycles. The maximum absolute atomic E-state index is 12.2. The molecule has 0 radical (unpaired) electrons. The molecule has 0 N–H and O–H groups in total. The topological polar surface area (TPSA) is 72.9 Å². The van der Waals surface area contributed by atoms with Gasteiger partial charge in [-0.05, 0) is 6.42 Å². The van der Waals surface area contributed by atoms with E-state index in [2.05, 4.69) is 13.2 Å². The Bertz CT molecular complexity index is 427. The van der Waals surface area contributed by atoms with Crippen LogP contribution in [0.1, 0.15) is 12.8 Å². The predicted molar refractivity (Wildman–Crippen MR) is 71.6 cm³/mol. The first-order chi connectivity index (χ1) is 9.49. The second kappa shape index (κ2) is 6.36. The second-order valence-corrected chi connectivity index (χ2v) is 4.51. The third kappa shape index (κ3) is 2.33. The highest BCUT2D eigenvalue weighted by molar-refractivity contribution is 6.07. The van der Waals surface area contributed by atoms with Gasteiger partial charge in [-0.1, -0.05) is 12.2 Å². The molecule has 0 aromatic carbocycles. The van der Waals surface area contributed by atoms with Crippen molar-refractivity contribution in [2.24, 2.45) is 5.41 Å². The van der Waals surface area contributed by atoms with Crippen LogP contribution in [0.25, 0.3) is 0 Å². The fraction of sp³-hybridized carbons (Fsp3) is 0.500. The molecule has 6 heteroatoms. The summed E-state index contributed by atoms with van der Waals surface area (Å²) in [7, 11) is 2.36. The van der Waals surface area contributed by atoms with Crippen LogP contribution < -0.4 is 0 Å². The number of likely N-dealkylation sites (tertiary alicyclic amines) is 1. The summed E-state index contributed by atoms with van der Waals surface area (Å²) in [5.41, 5.74) is -1.64. The van der Waals surface area contributed by atoms with Gasteiger partial charge in [-0.2, -0.15) is 0 Å². The number of hydrogen-bond donors (Lipinski definition) is 0. The van der Waals surface area contributed by atoms with E-state index in [-0.39, 0.29) is 25.3 Å². The number of carbonyl (C=O) groups is 3. The molecule has 20 heavy (non-hydrogen) atoms. The van der Waals surface area contributed by atoms with Crippen LogP contribution in [0.4, 0.5) is 0 Å². The Hall–Kier alpha value is -2.11. The summed E-state index contributed by atoms with van der Waals surface area (Å²) >= 11 is 0. The smallest absolute Gasteiger partial charge is 0.325 e. The van der Waals surface area contributed by atoms with Crippen LogP contribution in [0, 0.1) is 5.41 Å². The zero-order valence-electron chi connectivity index (χ0n) is 11.8. The van der Waals surface area contributed by atoms with Gasteiger partial charge in [0.2, 0.25) is 5.91 Å². The Balaban J connectivity index is 3.36. The van der Waals surface area contributed by atoms with Gasteiger partial charge in [0.05, 0.1) is 26.7 Å². The number of amides is 1. The van der Waals surface area contributed by atoms with Gasteiger partial charge in [0, 0.05) is 6.54 Å². The van der Waals surface area contributed by atoms with Gasteiger partial charge < -0.3 is 14.4 Å². The minimum Gasteiger partial charge on any atom is -0.468 e. The molecule has 0 bridgehead atoms. The lowest BCUT2D eigenvalue weighted by molar-refractivity contribution is -0.171. The standard InChI is InChI=1S/C14H19NO5/c1-5-7-10-14(12(17)19-3,13(18)20-4)9-11(16)15(10)8-6-2/h5-6,10H,1-2,7-9H2,3-4H3. The number of hydrogen-bond acceptors (Lipinski definition) is 5. The maximum atomic E-state index is 12.2. The summed E-state index contributed by atoms with van der Waals surface area (Å²) in [5.74, 6) is -1.85. The SMILES string of the molecule is C=CCC1N(CC=C)C(=O)CC1(C(=O)OC)C(=O)OC. The minimum atomic E-state index is -1.64. The molecule has 1 fully saturated rings. The summed E-state index contributed by atoms with van der Waals surface area (Å²) in [6.07, 6.45) is 3.11. The Morgan fingerprint density at radius 2 is 1.85 bits per heavy atom. The molecule has 1 rings (SSSR count). The summed E-state index contributed by atoms with van der Waals surface area (Å²) < 4.78 is 9.47. The van der Waals surface area contributed by atoms with E-state index in [1.165, 1.54) is 19.1 Å². The first-order valence-corrected chi connectivity index (χ1v) is 6.17. The summed E-state index contributed by atoms with van der Waals surface area (Å²) in [4.78, 5) is 37.9. The highest BCUT2D eigenvalue weighted by atomic mass is 16.5. The normalized spacial score (nSPS) is 20.4. The number of ether oxygens (including phenoxy) is 2. The summed E-state index contributed by atoms with van der Waals surface area (Å²) in [5, 5.41) is 0. The lowest BCUT2D eigenvalue weighted by atomic mass is 9.78. The molecule has 1 saturated heterocycles. The zero-order valence-corrected chi connectivity index (χ0v) is 11.8. The fourth-order valence-corrected chi connectivity index (χ4v) is 2.62. The van der Waals surface area contributed by atoms with Crippen LogP contribution in [0.2, 0.25) is 0 Å². The minimum absolute atomic E-state index is 0.243. The van der Waals surface area contributed by atoms with Crippen molar-refractivity contribution >= 4 is 17.8 Å². The Morgan fingerprint density at radius 1 is 1.30 bits per heavy atom. The van der Waals surface area contributed by atoms with Gasteiger partial charge in [0.25, 0.3) is 0 Å². The number of nitrogens with zero attached hydrogens (tertiary/aromatic N) is 1. The van der Waals surface area contributed by atoms with E-state index in [1.54, 1.807) is 12.2 Å². The van der Waals surface area contributed by atoms with E-state index in [0.717, 1.165) is 0 Å². The number of esters is 2. The molecular formula is C14H19NO5. The van der Waals surface area contributed by atoms with Crippen molar-refractivity contribution in [2.45, 2.75) is 18.9 Å². The van der Waals surface area contributed by atoms with E-state index < -0.39 is 23.4 Å². The fourth-order valence-electron chi connectivity index (χ4n) is 2.62. The third-order valence-corrected chi connectivity index (χ3v) is 3.51. The Labute approximate surface area is 118 Å².